The quantitative estimate of drug-likeness (QED) is 0.572. The number of aromatic nitrogens is 3. The van der Waals surface area contributed by atoms with Gasteiger partial charge in [-0.05, 0) is 24.6 Å². The number of pyridine rings is 1. The van der Waals surface area contributed by atoms with Gasteiger partial charge in [0.15, 0.2) is 0 Å². The van der Waals surface area contributed by atoms with E-state index >= 15 is 0 Å². The minimum Gasteiger partial charge on any atom is -0.292 e. The average molecular weight is 333 g/mol. The van der Waals surface area contributed by atoms with Gasteiger partial charge in [0.2, 0.25) is 0 Å². The predicted octanol–water partition coefficient (Wildman–Crippen LogP) is 3.88. The van der Waals surface area contributed by atoms with Gasteiger partial charge < -0.3 is 0 Å². The first kappa shape index (κ1) is 14.8. The fraction of sp³-hybridized carbons (Fsp3) is 0.105. The molecule has 5 heteroatoms. The van der Waals surface area contributed by atoms with E-state index in [-0.39, 0.29) is 5.56 Å². The van der Waals surface area contributed by atoms with Crippen LogP contribution in [0.15, 0.2) is 65.2 Å². The Morgan fingerprint density at radius 2 is 2.04 bits per heavy atom. The molecule has 0 N–H and O–H groups in total. The second-order valence-electron chi connectivity index (χ2n) is 5.70. The summed E-state index contributed by atoms with van der Waals surface area (Å²) in [7, 11) is 0. The summed E-state index contributed by atoms with van der Waals surface area (Å²) in [6.45, 7) is 2.49. The molecule has 0 aliphatic rings. The van der Waals surface area contributed by atoms with Crippen LogP contribution in [-0.4, -0.2) is 14.5 Å². The number of rotatable bonds is 3. The van der Waals surface area contributed by atoms with Crippen LogP contribution in [0.5, 0.6) is 0 Å². The van der Waals surface area contributed by atoms with E-state index in [1.54, 1.807) is 17.1 Å². The van der Waals surface area contributed by atoms with Crippen molar-refractivity contribution in [3.05, 3.63) is 82.0 Å². The third-order valence-corrected chi connectivity index (χ3v) is 4.89. The highest BCUT2D eigenvalue weighted by Gasteiger charge is 2.13. The maximum Gasteiger partial charge on any atom is 0.271 e. The van der Waals surface area contributed by atoms with E-state index in [1.807, 2.05) is 29.6 Å². The van der Waals surface area contributed by atoms with Crippen LogP contribution in [0, 0.1) is 6.92 Å². The van der Waals surface area contributed by atoms with Gasteiger partial charge in [-0.15, -0.1) is 11.3 Å². The number of aryl methyl sites for hydroxylation is 1. The van der Waals surface area contributed by atoms with E-state index in [4.69, 9.17) is 0 Å². The molecule has 4 nitrogen and oxygen atoms in total. The Bertz CT molecular complexity index is 1070. The molecule has 0 spiro atoms. The second-order valence-corrected chi connectivity index (χ2v) is 6.57. The zero-order chi connectivity index (χ0) is 16.5. The number of benzene rings is 1. The third-order valence-electron chi connectivity index (χ3n) is 3.93. The summed E-state index contributed by atoms with van der Waals surface area (Å²) < 4.78 is 2.30. The Hall–Kier alpha value is -2.79. The molecule has 24 heavy (non-hydrogen) atoms. The predicted molar refractivity (Wildman–Crippen MR) is 97.4 cm³/mol. The van der Waals surface area contributed by atoms with Gasteiger partial charge in [-0.3, -0.25) is 14.3 Å². The SMILES string of the molecule is Cc1cccc(-c2csc3c(=O)n(Cc4ccccn4)cnc23)c1. The maximum atomic E-state index is 12.7. The molecule has 0 radical (unpaired) electrons. The molecule has 4 rings (SSSR count). The maximum absolute atomic E-state index is 12.7. The third kappa shape index (κ3) is 2.63. The molecule has 0 saturated heterocycles. The molecule has 1 aromatic carbocycles. The minimum absolute atomic E-state index is 0.0189. The van der Waals surface area contributed by atoms with Crippen LogP contribution in [0.3, 0.4) is 0 Å². The molecule has 0 aliphatic carbocycles. The van der Waals surface area contributed by atoms with E-state index in [0.717, 1.165) is 22.3 Å². The monoisotopic (exact) mass is 333 g/mol. The molecular weight excluding hydrogens is 318 g/mol. The number of fused-ring (bicyclic) bond motifs is 1. The van der Waals surface area contributed by atoms with E-state index in [9.17, 15) is 4.79 Å². The van der Waals surface area contributed by atoms with Crippen LogP contribution < -0.4 is 5.56 Å². The van der Waals surface area contributed by atoms with Crippen LogP contribution in [-0.2, 0) is 6.54 Å². The zero-order valence-corrected chi connectivity index (χ0v) is 14.0. The van der Waals surface area contributed by atoms with Crippen molar-refractivity contribution in [1.82, 2.24) is 14.5 Å². The molecule has 0 bridgehead atoms. The Balaban J connectivity index is 1.80. The van der Waals surface area contributed by atoms with E-state index in [0.29, 0.717) is 11.2 Å². The Morgan fingerprint density at radius 3 is 2.83 bits per heavy atom. The van der Waals surface area contributed by atoms with Crippen LogP contribution in [0.25, 0.3) is 21.3 Å². The molecule has 0 aliphatic heterocycles. The first-order valence-electron chi connectivity index (χ1n) is 7.66. The second kappa shape index (κ2) is 6.02. The molecule has 0 atom stereocenters. The highest BCUT2D eigenvalue weighted by atomic mass is 32.1. The van der Waals surface area contributed by atoms with Crippen LogP contribution in [0.1, 0.15) is 11.3 Å². The van der Waals surface area contributed by atoms with E-state index in [1.165, 1.54) is 16.9 Å². The van der Waals surface area contributed by atoms with Crippen molar-refractivity contribution < 1.29 is 0 Å². The van der Waals surface area contributed by atoms with Gasteiger partial charge in [-0.1, -0.05) is 35.9 Å². The molecular formula is C19H15N3OS. The van der Waals surface area contributed by atoms with Gasteiger partial charge in [0.05, 0.1) is 24.1 Å². The van der Waals surface area contributed by atoms with Crippen molar-refractivity contribution in [3.63, 3.8) is 0 Å². The summed E-state index contributed by atoms with van der Waals surface area (Å²) in [5.41, 5.74) is 4.89. The first-order chi connectivity index (χ1) is 11.7. The van der Waals surface area contributed by atoms with Crippen molar-refractivity contribution >= 4 is 21.6 Å². The van der Waals surface area contributed by atoms with Crippen molar-refractivity contribution in [1.29, 1.82) is 0 Å². The number of thiophene rings is 1. The highest BCUT2D eigenvalue weighted by Crippen LogP contribution is 2.31. The van der Waals surface area contributed by atoms with Crippen LogP contribution in [0.2, 0.25) is 0 Å². The van der Waals surface area contributed by atoms with Gasteiger partial charge in [-0.2, -0.15) is 0 Å². The average Bonchev–Trinajstić information content (AvgIpc) is 3.03. The highest BCUT2D eigenvalue weighted by molar-refractivity contribution is 7.17. The lowest BCUT2D eigenvalue weighted by Crippen LogP contribution is -2.20. The summed E-state index contributed by atoms with van der Waals surface area (Å²) in [6.07, 6.45) is 3.35. The molecule has 0 amide bonds. The summed E-state index contributed by atoms with van der Waals surface area (Å²) in [6, 6.07) is 13.9. The lowest BCUT2D eigenvalue weighted by molar-refractivity contribution is 0.731. The van der Waals surface area contributed by atoms with Gasteiger partial charge >= 0.3 is 0 Å². The van der Waals surface area contributed by atoms with Crippen molar-refractivity contribution in [2.45, 2.75) is 13.5 Å². The number of hydrogen-bond donors (Lipinski definition) is 0. The smallest absolute Gasteiger partial charge is 0.271 e. The zero-order valence-electron chi connectivity index (χ0n) is 13.1. The van der Waals surface area contributed by atoms with E-state index < -0.39 is 0 Å². The van der Waals surface area contributed by atoms with Gasteiger partial charge in [0, 0.05) is 17.1 Å². The number of hydrogen-bond acceptors (Lipinski definition) is 4. The Kier molecular flexibility index (Phi) is 3.70. The summed E-state index contributed by atoms with van der Waals surface area (Å²) in [5, 5.41) is 2.01. The summed E-state index contributed by atoms with van der Waals surface area (Å²) in [5.74, 6) is 0. The lowest BCUT2D eigenvalue weighted by atomic mass is 10.1. The Labute approximate surface area is 143 Å². The van der Waals surface area contributed by atoms with Gasteiger partial charge in [-0.25, -0.2) is 4.98 Å². The van der Waals surface area contributed by atoms with Crippen LogP contribution >= 0.6 is 11.3 Å². The molecule has 0 fully saturated rings. The van der Waals surface area contributed by atoms with Crippen molar-refractivity contribution in [3.8, 4) is 11.1 Å². The summed E-state index contributed by atoms with van der Waals surface area (Å²) >= 11 is 1.45. The summed E-state index contributed by atoms with van der Waals surface area (Å²) in [4.78, 5) is 21.6. The molecule has 3 aromatic heterocycles. The van der Waals surface area contributed by atoms with Crippen molar-refractivity contribution in [2.24, 2.45) is 0 Å². The molecule has 4 aromatic rings. The Morgan fingerprint density at radius 1 is 1.12 bits per heavy atom. The topological polar surface area (TPSA) is 47.8 Å². The van der Waals surface area contributed by atoms with Gasteiger partial charge in [0.1, 0.15) is 4.70 Å². The van der Waals surface area contributed by atoms with Gasteiger partial charge in [0.25, 0.3) is 5.56 Å². The number of nitrogens with zero attached hydrogens (tertiary/aromatic N) is 3. The minimum atomic E-state index is -0.0189. The fourth-order valence-electron chi connectivity index (χ4n) is 2.74. The fourth-order valence-corrected chi connectivity index (χ4v) is 3.71. The van der Waals surface area contributed by atoms with Crippen LogP contribution in [0.4, 0.5) is 0 Å². The van der Waals surface area contributed by atoms with Crippen molar-refractivity contribution in [2.75, 3.05) is 0 Å². The normalized spacial score (nSPS) is 11.0. The lowest BCUT2D eigenvalue weighted by Gasteiger charge is -2.05. The first-order valence-corrected chi connectivity index (χ1v) is 8.54. The molecule has 0 unspecified atom stereocenters. The molecule has 118 valence electrons. The standard InChI is InChI=1S/C19H15N3OS/c1-13-5-4-6-14(9-13)16-11-24-18-17(16)21-12-22(19(18)23)10-15-7-2-3-8-20-15/h2-9,11-12H,10H2,1H3. The molecule has 3 heterocycles. The molecule has 0 saturated carbocycles. The van der Waals surface area contributed by atoms with E-state index in [2.05, 4.69) is 35.1 Å². The largest absolute Gasteiger partial charge is 0.292 e.